The Balaban J connectivity index is 1.42. The lowest BCUT2D eigenvalue weighted by Gasteiger charge is -2.17. The lowest BCUT2D eigenvalue weighted by atomic mass is 9.89. The molecule has 0 bridgehead atoms. The first-order valence-electron chi connectivity index (χ1n) is 10.4. The molecule has 1 atom stereocenters. The molecule has 4 aromatic rings. The van der Waals surface area contributed by atoms with Crippen LogP contribution < -0.4 is 5.73 Å². The van der Waals surface area contributed by atoms with E-state index in [1.807, 2.05) is 36.4 Å². The average molecular weight is 449 g/mol. The number of thiophene rings is 1. The Labute approximate surface area is 189 Å². The fourth-order valence-electron chi connectivity index (χ4n) is 4.10. The van der Waals surface area contributed by atoms with Gasteiger partial charge in [-0.25, -0.2) is 9.97 Å². The molecule has 0 aliphatic heterocycles. The summed E-state index contributed by atoms with van der Waals surface area (Å²) in [6, 6.07) is 10.1. The highest BCUT2D eigenvalue weighted by molar-refractivity contribution is 7.98. The number of fused-ring (bicyclic) bond motifs is 3. The van der Waals surface area contributed by atoms with Gasteiger partial charge < -0.3 is 5.73 Å². The molecule has 158 valence electrons. The van der Waals surface area contributed by atoms with Crippen LogP contribution in [0.15, 0.2) is 48.1 Å². The Morgan fingerprint density at radius 2 is 2.10 bits per heavy atom. The number of aryl methyl sites for hydroxylation is 1. The molecule has 0 fully saturated rings. The fourth-order valence-corrected chi connectivity index (χ4v) is 6.31. The molecule has 1 aromatic carbocycles. The number of rotatable bonds is 6. The third-order valence-electron chi connectivity index (χ3n) is 5.62. The standard InChI is InChI=1S/C23H24N6S2/c1-3-11-29-21(15-7-5-4-6-8-15)27-28-23(29)30-13-18-25-20(24)19-16-10-9-14(2)12-17(16)31-22(19)26-18/h3-8,14H,1,9-13H2,2H3,(H2,24,25,26). The molecule has 2 N–H and O–H groups in total. The van der Waals surface area contributed by atoms with E-state index < -0.39 is 0 Å². The zero-order valence-electron chi connectivity index (χ0n) is 17.4. The molecule has 1 aliphatic rings. The van der Waals surface area contributed by atoms with Crippen LogP contribution in [0.1, 0.15) is 29.6 Å². The molecule has 3 aromatic heterocycles. The highest BCUT2D eigenvalue weighted by Crippen LogP contribution is 2.39. The summed E-state index contributed by atoms with van der Waals surface area (Å²) in [6.07, 6.45) is 5.26. The zero-order valence-corrected chi connectivity index (χ0v) is 19.0. The number of benzene rings is 1. The third kappa shape index (κ3) is 3.85. The Morgan fingerprint density at radius 3 is 2.90 bits per heavy atom. The van der Waals surface area contributed by atoms with Crippen LogP contribution in [-0.2, 0) is 25.1 Å². The van der Waals surface area contributed by atoms with Crippen LogP contribution in [0.2, 0.25) is 0 Å². The quantitative estimate of drug-likeness (QED) is 0.325. The van der Waals surface area contributed by atoms with Crippen LogP contribution in [0.5, 0.6) is 0 Å². The summed E-state index contributed by atoms with van der Waals surface area (Å²) in [5.74, 6) is 3.48. The molecule has 0 radical (unpaired) electrons. The molecule has 1 unspecified atom stereocenters. The van der Waals surface area contributed by atoms with Crippen molar-refractivity contribution in [3.63, 3.8) is 0 Å². The van der Waals surface area contributed by atoms with E-state index >= 15 is 0 Å². The summed E-state index contributed by atoms with van der Waals surface area (Å²) in [6.45, 7) is 6.84. The van der Waals surface area contributed by atoms with Gasteiger partial charge in [0.25, 0.3) is 0 Å². The van der Waals surface area contributed by atoms with Crippen LogP contribution in [0.4, 0.5) is 5.82 Å². The molecule has 31 heavy (non-hydrogen) atoms. The van der Waals surface area contributed by atoms with Gasteiger partial charge in [-0.15, -0.1) is 28.1 Å². The maximum absolute atomic E-state index is 6.39. The number of allylic oxidation sites excluding steroid dienone is 1. The van der Waals surface area contributed by atoms with Crippen LogP contribution in [0.25, 0.3) is 21.6 Å². The second-order valence-corrected chi connectivity index (χ2v) is 9.94. The van der Waals surface area contributed by atoms with E-state index in [0.29, 0.717) is 18.1 Å². The van der Waals surface area contributed by atoms with E-state index in [4.69, 9.17) is 10.7 Å². The molecule has 1 aliphatic carbocycles. The molecule has 0 saturated carbocycles. The summed E-state index contributed by atoms with van der Waals surface area (Å²) in [5.41, 5.74) is 8.79. The lowest BCUT2D eigenvalue weighted by molar-refractivity contribution is 0.509. The van der Waals surface area contributed by atoms with Crippen LogP contribution in [0, 0.1) is 5.92 Å². The van der Waals surface area contributed by atoms with E-state index in [1.54, 1.807) is 23.1 Å². The van der Waals surface area contributed by atoms with E-state index in [0.717, 1.165) is 51.3 Å². The first kappa shape index (κ1) is 20.2. The van der Waals surface area contributed by atoms with Gasteiger partial charge in [0.05, 0.1) is 11.1 Å². The minimum absolute atomic E-state index is 0.586. The summed E-state index contributed by atoms with van der Waals surface area (Å²) in [7, 11) is 0. The first-order chi connectivity index (χ1) is 15.1. The number of nitrogen functional groups attached to an aromatic ring is 1. The average Bonchev–Trinajstić information content (AvgIpc) is 3.34. The second kappa shape index (κ2) is 8.43. The molecule has 3 heterocycles. The minimum Gasteiger partial charge on any atom is -0.383 e. The summed E-state index contributed by atoms with van der Waals surface area (Å²) in [4.78, 5) is 11.9. The topological polar surface area (TPSA) is 82.5 Å². The predicted octanol–water partition coefficient (Wildman–Crippen LogP) is 5.14. The normalized spacial score (nSPS) is 15.8. The number of anilines is 1. The molecule has 8 heteroatoms. The van der Waals surface area contributed by atoms with E-state index in [2.05, 4.69) is 33.3 Å². The van der Waals surface area contributed by atoms with Gasteiger partial charge in [-0.1, -0.05) is 55.1 Å². The van der Waals surface area contributed by atoms with Crippen molar-refractivity contribution in [2.75, 3.05) is 5.73 Å². The van der Waals surface area contributed by atoms with Crippen molar-refractivity contribution >= 4 is 39.1 Å². The van der Waals surface area contributed by atoms with E-state index in [1.165, 1.54) is 16.9 Å². The summed E-state index contributed by atoms with van der Waals surface area (Å²) >= 11 is 3.35. The molecular formula is C23H24N6S2. The molecule has 0 amide bonds. The monoisotopic (exact) mass is 448 g/mol. The number of nitrogens with zero attached hydrogens (tertiary/aromatic N) is 5. The van der Waals surface area contributed by atoms with Gasteiger partial charge in [-0.2, -0.15) is 0 Å². The van der Waals surface area contributed by atoms with Crippen molar-refractivity contribution in [1.82, 2.24) is 24.7 Å². The van der Waals surface area contributed by atoms with Gasteiger partial charge in [0, 0.05) is 17.0 Å². The maximum atomic E-state index is 6.39. The van der Waals surface area contributed by atoms with Crippen LogP contribution in [-0.4, -0.2) is 24.7 Å². The maximum Gasteiger partial charge on any atom is 0.192 e. The SMILES string of the molecule is C=CCn1c(SCc2nc(N)c3c4c(sc3n2)CC(C)CC4)nnc1-c1ccccc1. The second-order valence-electron chi connectivity index (χ2n) is 7.92. The van der Waals surface area contributed by atoms with Gasteiger partial charge in [0.2, 0.25) is 0 Å². The molecule has 0 saturated heterocycles. The first-order valence-corrected chi connectivity index (χ1v) is 12.2. The number of thioether (sulfide) groups is 1. The van der Waals surface area contributed by atoms with Crippen molar-refractivity contribution < 1.29 is 0 Å². The van der Waals surface area contributed by atoms with E-state index in [9.17, 15) is 0 Å². The van der Waals surface area contributed by atoms with Crippen molar-refractivity contribution in [3.8, 4) is 11.4 Å². The number of nitrogens with two attached hydrogens (primary N) is 1. The zero-order chi connectivity index (χ0) is 21.4. The Morgan fingerprint density at radius 1 is 1.26 bits per heavy atom. The van der Waals surface area contributed by atoms with Crippen molar-refractivity contribution in [3.05, 3.63) is 59.3 Å². The largest absolute Gasteiger partial charge is 0.383 e. The lowest BCUT2D eigenvalue weighted by Crippen LogP contribution is -2.09. The highest BCUT2D eigenvalue weighted by Gasteiger charge is 2.23. The number of hydrogen-bond donors (Lipinski definition) is 1. The fraction of sp³-hybridized carbons (Fsp3) is 0.304. The highest BCUT2D eigenvalue weighted by atomic mass is 32.2. The van der Waals surface area contributed by atoms with Crippen LogP contribution >= 0.6 is 23.1 Å². The molecule has 5 rings (SSSR count). The summed E-state index contributed by atoms with van der Waals surface area (Å²) < 4.78 is 2.07. The van der Waals surface area contributed by atoms with Gasteiger partial charge >= 0.3 is 0 Å². The number of aromatic nitrogens is 5. The Hall–Kier alpha value is -2.71. The van der Waals surface area contributed by atoms with Gasteiger partial charge in [0.15, 0.2) is 11.0 Å². The Bertz CT molecular complexity index is 1240. The van der Waals surface area contributed by atoms with E-state index in [-0.39, 0.29) is 0 Å². The van der Waals surface area contributed by atoms with Gasteiger partial charge in [0.1, 0.15) is 16.5 Å². The van der Waals surface area contributed by atoms with Gasteiger partial charge in [-0.3, -0.25) is 4.57 Å². The number of hydrogen-bond acceptors (Lipinski definition) is 7. The molecule has 6 nitrogen and oxygen atoms in total. The third-order valence-corrected chi connectivity index (χ3v) is 7.73. The smallest absolute Gasteiger partial charge is 0.192 e. The molecular weight excluding hydrogens is 424 g/mol. The van der Waals surface area contributed by atoms with Crippen molar-refractivity contribution in [2.45, 2.75) is 43.6 Å². The minimum atomic E-state index is 0.586. The van der Waals surface area contributed by atoms with Crippen molar-refractivity contribution in [1.29, 1.82) is 0 Å². The van der Waals surface area contributed by atoms with Gasteiger partial charge in [-0.05, 0) is 30.7 Å². The predicted molar refractivity (Wildman–Crippen MR) is 128 cm³/mol. The van der Waals surface area contributed by atoms with Crippen LogP contribution in [0.3, 0.4) is 0 Å². The molecule has 0 spiro atoms. The summed E-state index contributed by atoms with van der Waals surface area (Å²) in [5, 5.41) is 10.7. The Kier molecular flexibility index (Phi) is 5.50. The van der Waals surface area contributed by atoms with Crippen molar-refractivity contribution in [2.24, 2.45) is 5.92 Å².